The Bertz CT molecular complexity index is 453. The van der Waals surface area contributed by atoms with E-state index in [-0.39, 0.29) is 0 Å². The van der Waals surface area contributed by atoms with Gasteiger partial charge in [0.05, 0.1) is 30.0 Å². The molecule has 2 nitrogen and oxygen atoms in total. The molecule has 0 heterocycles. The summed E-state index contributed by atoms with van der Waals surface area (Å²) in [6.45, 7) is 9.42. The minimum atomic E-state index is -2.40. The Labute approximate surface area is 163 Å². The van der Waals surface area contributed by atoms with Gasteiger partial charge in [-0.3, -0.25) is 0 Å². The quantitative estimate of drug-likeness (QED) is 0.319. The monoisotopic (exact) mass is 399 g/mol. The van der Waals surface area contributed by atoms with E-state index in [0.29, 0.717) is 5.30 Å². The summed E-state index contributed by atoms with van der Waals surface area (Å²) < 4.78 is 20.5. The van der Waals surface area contributed by atoms with Crippen LogP contribution in [0, 0.1) is 0 Å². The summed E-state index contributed by atoms with van der Waals surface area (Å²) in [5.74, 6) is 0. The first-order valence-electron chi connectivity index (χ1n) is 10.6. The van der Waals surface area contributed by atoms with E-state index in [4.69, 9.17) is 0 Å². The molecule has 0 fully saturated rings. The lowest BCUT2D eigenvalue weighted by atomic mass is 10.4. The molecule has 0 aliphatic rings. The molecule has 0 bridgehead atoms. The highest BCUT2D eigenvalue weighted by molar-refractivity contribution is 7.75. The minimum absolute atomic E-state index is 0.368. The van der Waals surface area contributed by atoms with Gasteiger partial charge in [-0.2, -0.15) is 0 Å². The lowest BCUT2D eigenvalue weighted by Crippen LogP contribution is -2.12. The van der Waals surface area contributed by atoms with Crippen LogP contribution in [-0.2, 0) is 9.13 Å². The predicted molar refractivity (Wildman–Crippen MR) is 120 cm³/mol. The Kier molecular flexibility index (Phi) is 16.4. The van der Waals surface area contributed by atoms with E-state index >= 15 is 0 Å². The van der Waals surface area contributed by atoms with Crippen LogP contribution in [-0.4, -0.2) is 24.6 Å². The van der Waals surface area contributed by atoms with Gasteiger partial charge in [-0.05, 0) is 37.8 Å². The maximum absolute atomic E-state index is 10.2. The van der Waals surface area contributed by atoms with Gasteiger partial charge in [0, 0.05) is 7.26 Å². The van der Waals surface area contributed by atoms with Crippen molar-refractivity contribution in [3.63, 3.8) is 0 Å². The zero-order chi connectivity index (χ0) is 19.7. The number of hydrogen-bond acceptors (Lipinski definition) is 2. The van der Waals surface area contributed by atoms with Crippen molar-refractivity contribution in [2.45, 2.75) is 79.1 Å². The Morgan fingerprint density at radius 3 is 1.23 bits per heavy atom. The van der Waals surface area contributed by atoms with E-state index in [9.17, 15) is 9.13 Å². The molecule has 0 saturated heterocycles. The lowest BCUT2D eigenvalue weighted by molar-refractivity contribution is 0.523. The van der Waals surface area contributed by atoms with Crippen LogP contribution in [0.25, 0.3) is 0 Å². The molecule has 0 unspecified atom stereocenters. The molecule has 0 radical (unpaired) electrons. The third-order valence-corrected chi connectivity index (χ3v) is 10.7. The summed E-state index contributed by atoms with van der Waals surface area (Å²) in [6.07, 6.45) is 17.9. The molecule has 4 heteroatoms. The highest BCUT2D eigenvalue weighted by atomic mass is 31.2. The maximum Gasteiger partial charge on any atom is 0.348 e. The largest absolute Gasteiger partial charge is 0.348 e. The SMILES string of the molecule is CCCC[P+](CCCC)(CCCC)CCCC.O=P(=O)c1ccccc1. The van der Waals surface area contributed by atoms with E-state index in [1.54, 1.807) is 55.0 Å². The van der Waals surface area contributed by atoms with Crippen LogP contribution in [0.2, 0.25) is 0 Å². The summed E-state index contributed by atoms with van der Waals surface area (Å²) in [4.78, 5) is 0. The summed E-state index contributed by atoms with van der Waals surface area (Å²) in [5, 5.41) is 0.368. The first kappa shape index (κ1) is 25.6. The second-order valence-electron chi connectivity index (χ2n) is 7.24. The molecule has 0 amide bonds. The number of benzene rings is 1. The lowest BCUT2D eigenvalue weighted by Gasteiger charge is -2.28. The van der Waals surface area contributed by atoms with Crippen molar-refractivity contribution in [3.05, 3.63) is 30.3 Å². The van der Waals surface area contributed by atoms with Gasteiger partial charge >= 0.3 is 7.68 Å². The summed E-state index contributed by atoms with van der Waals surface area (Å²) in [7, 11) is -2.96. The predicted octanol–water partition coefficient (Wildman–Crippen LogP) is 7.69. The van der Waals surface area contributed by atoms with Gasteiger partial charge in [-0.15, -0.1) is 0 Å². The van der Waals surface area contributed by atoms with Crippen LogP contribution in [0.15, 0.2) is 30.3 Å². The molecule has 0 aromatic heterocycles. The van der Waals surface area contributed by atoms with Crippen molar-refractivity contribution >= 4 is 20.2 Å². The highest BCUT2D eigenvalue weighted by Crippen LogP contribution is 2.61. The molecule has 1 rings (SSSR count). The summed E-state index contributed by atoms with van der Waals surface area (Å²) >= 11 is 0. The third-order valence-electron chi connectivity index (χ3n) is 4.91. The molecule has 0 aliphatic heterocycles. The zero-order valence-corrected chi connectivity index (χ0v) is 19.4. The van der Waals surface area contributed by atoms with Gasteiger partial charge < -0.3 is 0 Å². The van der Waals surface area contributed by atoms with Crippen molar-refractivity contribution in [3.8, 4) is 0 Å². The van der Waals surface area contributed by atoms with E-state index < -0.39 is 14.9 Å². The van der Waals surface area contributed by atoms with Gasteiger partial charge in [0.15, 0.2) is 0 Å². The number of rotatable bonds is 13. The molecule has 0 aliphatic carbocycles. The maximum atomic E-state index is 10.2. The molecule has 1 aromatic carbocycles. The second kappa shape index (κ2) is 16.7. The average Bonchev–Trinajstić information content (AvgIpc) is 2.68. The molecule has 26 heavy (non-hydrogen) atoms. The molecule has 0 saturated carbocycles. The van der Waals surface area contributed by atoms with Crippen molar-refractivity contribution in [1.29, 1.82) is 0 Å². The van der Waals surface area contributed by atoms with Crippen molar-refractivity contribution in [2.24, 2.45) is 0 Å². The van der Waals surface area contributed by atoms with E-state index in [1.165, 1.54) is 51.4 Å². The molecule has 150 valence electrons. The third kappa shape index (κ3) is 12.0. The highest BCUT2D eigenvalue weighted by Gasteiger charge is 2.34. The molecular formula is C22H41O2P2+. The first-order chi connectivity index (χ1) is 12.5. The van der Waals surface area contributed by atoms with E-state index in [0.717, 1.165) is 0 Å². The average molecular weight is 400 g/mol. The minimum Gasteiger partial charge on any atom is -0.232 e. The summed E-state index contributed by atoms with van der Waals surface area (Å²) in [5.41, 5.74) is 0. The van der Waals surface area contributed by atoms with Crippen LogP contribution in [0.1, 0.15) is 79.1 Å². The number of unbranched alkanes of at least 4 members (excludes halogenated alkanes) is 4. The van der Waals surface area contributed by atoms with E-state index in [2.05, 4.69) is 27.7 Å². The standard InChI is InChI=1S/C16H36P.C6H5O2P/c1-5-9-13-17(14-10-6-2,15-11-7-3)16-12-8-4;7-9(8)6-4-2-1-3-5-6/h5-16H2,1-4H3;1-5H/q+1;. The Morgan fingerprint density at radius 1 is 0.654 bits per heavy atom. The van der Waals surface area contributed by atoms with Crippen LogP contribution in [0.5, 0.6) is 0 Å². The van der Waals surface area contributed by atoms with Crippen molar-refractivity contribution in [2.75, 3.05) is 24.6 Å². The number of hydrogen-bond donors (Lipinski definition) is 0. The molecule has 1 aromatic rings. The van der Waals surface area contributed by atoms with Gasteiger partial charge in [0.25, 0.3) is 0 Å². The second-order valence-corrected chi connectivity index (χ2v) is 12.7. The van der Waals surface area contributed by atoms with Gasteiger partial charge in [-0.25, -0.2) is 9.13 Å². The Hall–Kier alpha value is -0.450. The Morgan fingerprint density at radius 2 is 1.00 bits per heavy atom. The topological polar surface area (TPSA) is 34.1 Å². The van der Waals surface area contributed by atoms with Crippen LogP contribution >= 0.6 is 14.9 Å². The smallest absolute Gasteiger partial charge is 0.232 e. The van der Waals surface area contributed by atoms with Crippen molar-refractivity contribution < 1.29 is 9.13 Å². The fourth-order valence-corrected chi connectivity index (χ4v) is 8.90. The van der Waals surface area contributed by atoms with Crippen LogP contribution in [0.3, 0.4) is 0 Å². The first-order valence-corrected chi connectivity index (χ1v) is 14.3. The molecule has 0 spiro atoms. The van der Waals surface area contributed by atoms with Crippen LogP contribution in [0.4, 0.5) is 0 Å². The van der Waals surface area contributed by atoms with Crippen LogP contribution < -0.4 is 5.30 Å². The zero-order valence-electron chi connectivity index (χ0n) is 17.6. The molecule has 0 atom stereocenters. The van der Waals surface area contributed by atoms with Gasteiger partial charge in [0.2, 0.25) is 0 Å². The normalized spacial score (nSPS) is 10.9. The fraction of sp³-hybridized carbons (Fsp3) is 0.727. The van der Waals surface area contributed by atoms with E-state index in [1.807, 2.05) is 0 Å². The van der Waals surface area contributed by atoms with Gasteiger partial charge in [-0.1, -0.05) is 71.6 Å². The summed E-state index contributed by atoms with van der Waals surface area (Å²) in [6, 6.07) is 8.29. The van der Waals surface area contributed by atoms with Gasteiger partial charge in [0.1, 0.15) is 0 Å². The fourth-order valence-electron chi connectivity index (χ4n) is 3.19. The molecule has 0 N–H and O–H groups in total. The Balaban J connectivity index is 0.000000577. The molecular weight excluding hydrogens is 358 g/mol. The van der Waals surface area contributed by atoms with Crippen molar-refractivity contribution in [1.82, 2.24) is 0 Å².